The quantitative estimate of drug-likeness (QED) is 0.810. The molecule has 21 heavy (non-hydrogen) atoms. The van der Waals surface area contributed by atoms with E-state index < -0.39 is 29.8 Å². The van der Waals surface area contributed by atoms with Gasteiger partial charge in [-0.15, -0.1) is 0 Å². The van der Waals surface area contributed by atoms with Gasteiger partial charge in [-0.25, -0.2) is 4.39 Å². The van der Waals surface area contributed by atoms with E-state index in [0.717, 1.165) is 6.07 Å². The van der Waals surface area contributed by atoms with Gasteiger partial charge in [0.1, 0.15) is 11.9 Å². The Labute approximate surface area is 127 Å². The fourth-order valence-corrected chi connectivity index (χ4v) is 1.89. The van der Waals surface area contributed by atoms with Crippen LogP contribution in [0.3, 0.4) is 0 Å². The fraction of sp³-hybridized carbons (Fsp3) is 0.429. The number of aliphatic carboxylic acids is 1. The Morgan fingerprint density at radius 2 is 2.14 bits per heavy atom. The Hall–Kier alpha value is -1.66. The number of hydrogen-bond acceptors (Lipinski definition) is 3. The topological polar surface area (TPSA) is 75.6 Å². The van der Waals surface area contributed by atoms with Crippen molar-refractivity contribution in [2.45, 2.75) is 32.4 Å². The summed E-state index contributed by atoms with van der Waals surface area (Å²) in [5.74, 6) is -2.24. The molecule has 5 nitrogen and oxygen atoms in total. The van der Waals surface area contributed by atoms with Crippen LogP contribution >= 0.6 is 11.6 Å². The van der Waals surface area contributed by atoms with Crippen molar-refractivity contribution in [2.75, 3.05) is 6.61 Å². The first-order chi connectivity index (χ1) is 9.85. The lowest BCUT2D eigenvalue weighted by molar-refractivity contribution is -0.138. The summed E-state index contributed by atoms with van der Waals surface area (Å²) in [6, 6.07) is 3.05. The summed E-state index contributed by atoms with van der Waals surface area (Å²) in [7, 11) is 0. The number of hydrogen-bond donors (Lipinski definition) is 2. The van der Waals surface area contributed by atoms with Gasteiger partial charge < -0.3 is 15.2 Å². The maximum Gasteiger partial charge on any atom is 0.305 e. The number of rotatable bonds is 7. The van der Waals surface area contributed by atoms with E-state index >= 15 is 0 Å². The number of benzene rings is 1. The molecule has 1 aromatic rings. The zero-order valence-corrected chi connectivity index (χ0v) is 12.5. The smallest absolute Gasteiger partial charge is 0.305 e. The molecule has 2 N–H and O–H groups in total. The molecule has 1 aromatic carbocycles. The number of amides is 1. The molecule has 0 heterocycles. The van der Waals surface area contributed by atoms with E-state index in [1.54, 1.807) is 13.8 Å². The summed E-state index contributed by atoms with van der Waals surface area (Å²) in [6.45, 7) is 3.65. The maximum absolute atomic E-state index is 13.5. The summed E-state index contributed by atoms with van der Waals surface area (Å²) in [5, 5.41) is 11.4. The average molecular weight is 318 g/mol. The first-order valence-corrected chi connectivity index (χ1v) is 6.81. The Morgan fingerprint density at radius 1 is 1.48 bits per heavy atom. The van der Waals surface area contributed by atoms with Gasteiger partial charge in [-0.05, 0) is 31.5 Å². The number of ether oxygens (including phenoxy) is 1. The van der Waals surface area contributed by atoms with Gasteiger partial charge in [0.25, 0.3) is 0 Å². The van der Waals surface area contributed by atoms with Gasteiger partial charge in [-0.1, -0.05) is 17.7 Å². The first kappa shape index (κ1) is 17.4. The molecule has 7 heteroatoms. The third-order valence-electron chi connectivity index (χ3n) is 2.83. The Kier molecular flexibility index (Phi) is 6.58. The van der Waals surface area contributed by atoms with Crippen LogP contribution in [0.25, 0.3) is 0 Å². The van der Waals surface area contributed by atoms with Gasteiger partial charge in [-0.3, -0.25) is 9.59 Å². The van der Waals surface area contributed by atoms with Crippen molar-refractivity contribution in [2.24, 2.45) is 0 Å². The third kappa shape index (κ3) is 5.32. The van der Waals surface area contributed by atoms with Crippen LogP contribution in [0.15, 0.2) is 18.2 Å². The number of carbonyl (C=O) groups is 2. The van der Waals surface area contributed by atoms with Crippen molar-refractivity contribution in [3.63, 3.8) is 0 Å². The monoisotopic (exact) mass is 317 g/mol. The Bertz CT molecular complexity index is 524. The predicted molar refractivity (Wildman–Crippen MR) is 75.6 cm³/mol. The van der Waals surface area contributed by atoms with Gasteiger partial charge in [0.2, 0.25) is 5.91 Å². The van der Waals surface area contributed by atoms with E-state index in [-0.39, 0.29) is 11.4 Å². The minimum absolute atomic E-state index is 0.0677. The molecule has 0 radical (unpaired) electrons. The van der Waals surface area contributed by atoms with E-state index in [1.807, 2.05) is 0 Å². The second kappa shape index (κ2) is 7.95. The number of carboxylic acids is 1. The summed E-state index contributed by atoms with van der Waals surface area (Å²) < 4.78 is 18.6. The standard InChI is InChI=1S/C14H17ClFNO4/c1-3-21-8(2)14(20)17-12(7-13(18)19)9-4-5-10(15)11(16)6-9/h4-6,8,12H,3,7H2,1-2H3,(H,17,20)(H,18,19). The van der Waals surface area contributed by atoms with Crippen molar-refractivity contribution in [1.29, 1.82) is 0 Å². The molecular weight excluding hydrogens is 301 g/mol. The van der Waals surface area contributed by atoms with Crippen LogP contribution in [0.4, 0.5) is 4.39 Å². The molecular formula is C14H17ClFNO4. The molecule has 0 bridgehead atoms. The molecule has 0 fully saturated rings. The molecule has 2 unspecified atom stereocenters. The normalized spacial score (nSPS) is 13.5. The molecule has 1 rings (SSSR count). The molecule has 0 saturated heterocycles. The van der Waals surface area contributed by atoms with E-state index in [9.17, 15) is 14.0 Å². The lowest BCUT2D eigenvalue weighted by Gasteiger charge is -2.20. The van der Waals surface area contributed by atoms with Crippen molar-refractivity contribution >= 4 is 23.5 Å². The highest BCUT2D eigenvalue weighted by Gasteiger charge is 2.22. The van der Waals surface area contributed by atoms with Crippen molar-refractivity contribution in [3.05, 3.63) is 34.6 Å². The summed E-state index contributed by atoms with van der Waals surface area (Å²) >= 11 is 5.59. The third-order valence-corrected chi connectivity index (χ3v) is 3.13. The van der Waals surface area contributed by atoms with Gasteiger partial charge >= 0.3 is 5.97 Å². The van der Waals surface area contributed by atoms with Crippen LogP contribution in [0.1, 0.15) is 31.9 Å². The lowest BCUT2D eigenvalue weighted by atomic mass is 10.0. The average Bonchev–Trinajstić information content (AvgIpc) is 2.40. The summed E-state index contributed by atoms with van der Waals surface area (Å²) in [4.78, 5) is 22.8. The zero-order chi connectivity index (χ0) is 16.0. The number of carbonyl (C=O) groups excluding carboxylic acids is 1. The number of nitrogens with one attached hydrogen (secondary N) is 1. The lowest BCUT2D eigenvalue weighted by Crippen LogP contribution is -2.38. The minimum atomic E-state index is -1.11. The van der Waals surface area contributed by atoms with Crippen LogP contribution in [0.2, 0.25) is 5.02 Å². The second-order valence-corrected chi connectivity index (χ2v) is 4.84. The van der Waals surface area contributed by atoms with Gasteiger partial charge in [0.05, 0.1) is 17.5 Å². The minimum Gasteiger partial charge on any atom is -0.481 e. The van der Waals surface area contributed by atoms with Crippen molar-refractivity contribution in [3.8, 4) is 0 Å². The van der Waals surface area contributed by atoms with E-state index in [0.29, 0.717) is 12.2 Å². The fourth-order valence-electron chi connectivity index (χ4n) is 1.77. The maximum atomic E-state index is 13.5. The zero-order valence-electron chi connectivity index (χ0n) is 11.7. The largest absolute Gasteiger partial charge is 0.481 e. The number of carboxylic acid groups (broad SMARTS) is 1. The van der Waals surface area contributed by atoms with Crippen LogP contribution < -0.4 is 5.32 Å². The van der Waals surface area contributed by atoms with E-state index in [4.69, 9.17) is 21.4 Å². The van der Waals surface area contributed by atoms with Crippen LogP contribution in [-0.2, 0) is 14.3 Å². The molecule has 116 valence electrons. The molecule has 0 aliphatic heterocycles. The van der Waals surface area contributed by atoms with E-state index in [2.05, 4.69) is 5.32 Å². The molecule has 0 saturated carbocycles. The predicted octanol–water partition coefficient (Wildman–Crippen LogP) is 2.54. The van der Waals surface area contributed by atoms with Crippen LogP contribution in [-0.4, -0.2) is 29.7 Å². The van der Waals surface area contributed by atoms with Crippen LogP contribution in [0, 0.1) is 5.82 Å². The molecule has 0 spiro atoms. The van der Waals surface area contributed by atoms with Crippen LogP contribution in [0.5, 0.6) is 0 Å². The van der Waals surface area contributed by atoms with Gasteiger partial charge in [0.15, 0.2) is 0 Å². The highest BCUT2D eigenvalue weighted by atomic mass is 35.5. The molecule has 0 aliphatic rings. The van der Waals surface area contributed by atoms with Crippen molar-refractivity contribution in [1.82, 2.24) is 5.32 Å². The van der Waals surface area contributed by atoms with Gasteiger partial charge in [0, 0.05) is 6.61 Å². The first-order valence-electron chi connectivity index (χ1n) is 6.43. The SMILES string of the molecule is CCOC(C)C(=O)NC(CC(=O)O)c1ccc(Cl)c(F)c1. The second-order valence-electron chi connectivity index (χ2n) is 4.43. The Morgan fingerprint density at radius 3 is 2.67 bits per heavy atom. The molecule has 0 aliphatic carbocycles. The highest BCUT2D eigenvalue weighted by Crippen LogP contribution is 2.22. The highest BCUT2D eigenvalue weighted by molar-refractivity contribution is 6.30. The summed E-state index contributed by atoms with van der Waals surface area (Å²) in [5.41, 5.74) is 0.330. The van der Waals surface area contributed by atoms with Gasteiger partial charge in [-0.2, -0.15) is 0 Å². The Balaban J connectivity index is 2.92. The number of halogens is 2. The van der Waals surface area contributed by atoms with Crippen molar-refractivity contribution < 1.29 is 23.8 Å². The molecule has 2 atom stereocenters. The molecule has 0 aromatic heterocycles. The van der Waals surface area contributed by atoms with E-state index in [1.165, 1.54) is 12.1 Å². The molecule has 1 amide bonds. The summed E-state index contributed by atoms with van der Waals surface area (Å²) in [6.07, 6.45) is -1.09.